The first-order valence-electron chi connectivity index (χ1n) is 9.66. The van der Waals surface area contributed by atoms with Crippen LogP contribution in [0.15, 0.2) is 34.7 Å². The van der Waals surface area contributed by atoms with Crippen molar-refractivity contribution in [3.05, 3.63) is 34.7 Å². The zero-order valence-corrected chi connectivity index (χ0v) is 17.6. The molecule has 2 fully saturated rings. The molecule has 0 aromatic heterocycles. The molecule has 0 radical (unpaired) electrons. The zero-order valence-electron chi connectivity index (χ0n) is 17.6. The van der Waals surface area contributed by atoms with Crippen LogP contribution >= 0.6 is 0 Å². The second-order valence-electron chi connectivity index (χ2n) is 7.49. The van der Waals surface area contributed by atoms with Crippen LogP contribution in [0.25, 0.3) is 0 Å². The molecule has 1 saturated heterocycles. The van der Waals surface area contributed by atoms with Crippen LogP contribution in [0.2, 0.25) is 0 Å². The van der Waals surface area contributed by atoms with Crippen molar-refractivity contribution in [2.75, 3.05) is 48.0 Å². The molecular weight excluding hydrogens is 358 g/mol. The number of esters is 1. The maximum absolute atomic E-state index is 12.5. The first-order valence-corrected chi connectivity index (χ1v) is 9.66. The minimum absolute atomic E-state index is 0.0199. The summed E-state index contributed by atoms with van der Waals surface area (Å²) in [5, 5.41) is 9.77. The predicted molar refractivity (Wildman–Crippen MR) is 106 cm³/mol. The minimum atomic E-state index is -0.779. The molecule has 2 aliphatic rings. The highest BCUT2D eigenvalue weighted by molar-refractivity contribution is 5.96. The van der Waals surface area contributed by atoms with E-state index in [4.69, 9.17) is 14.2 Å². The summed E-state index contributed by atoms with van der Waals surface area (Å²) >= 11 is 0. The van der Waals surface area contributed by atoms with Crippen molar-refractivity contribution in [1.82, 2.24) is 9.80 Å². The molecule has 1 saturated carbocycles. The van der Waals surface area contributed by atoms with Crippen LogP contribution in [0.5, 0.6) is 0 Å². The Balaban J connectivity index is 2.66. The summed E-state index contributed by atoms with van der Waals surface area (Å²) in [6, 6.07) is 2.07. The molecule has 0 bridgehead atoms. The van der Waals surface area contributed by atoms with E-state index in [0.717, 1.165) is 24.0 Å². The number of nitrogens with zero attached hydrogens (tertiary/aromatic N) is 3. The van der Waals surface area contributed by atoms with Crippen molar-refractivity contribution in [2.24, 2.45) is 0 Å². The Morgan fingerprint density at radius 3 is 2.00 bits per heavy atom. The molecule has 0 unspecified atom stereocenters. The smallest absolute Gasteiger partial charge is 0.349 e. The summed E-state index contributed by atoms with van der Waals surface area (Å²) in [7, 11) is 7.64. The van der Waals surface area contributed by atoms with Gasteiger partial charge in [-0.1, -0.05) is 0 Å². The third-order valence-electron chi connectivity index (χ3n) is 4.50. The molecule has 2 rings (SSSR count). The number of rotatable bonds is 4. The van der Waals surface area contributed by atoms with E-state index in [2.05, 4.69) is 6.07 Å². The average molecular weight is 389 g/mol. The molecule has 0 aromatic rings. The highest BCUT2D eigenvalue weighted by Gasteiger charge is 2.43. The first-order chi connectivity index (χ1) is 13.3. The Kier molecular flexibility index (Phi) is 7.67. The van der Waals surface area contributed by atoms with E-state index in [-0.39, 0.29) is 12.2 Å². The predicted octanol–water partition coefficient (Wildman–Crippen LogP) is 2.58. The van der Waals surface area contributed by atoms with E-state index in [9.17, 15) is 10.1 Å². The number of carbonyl (C=O) groups excluding carboxylic acids is 1. The van der Waals surface area contributed by atoms with Crippen LogP contribution in [0.3, 0.4) is 0 Å². The Bertz CT molecular complexity index is 674. The van der Waals surface area contributed by atoms with Crippen LogP contribution in [0, 0.1) is 11.3 Å². The topological polar surface area (TPSA) is 75.0 Å². The van der Waals surface area contributed by atoms with Crippen LogP contribution in [-0.4, -0.2) is 69.6 Å². The molecule has 0 N–H and O–H groups in total. The quantitative estimate of drug-likeness (QED) is 0.415. The van der Waals surface area contributed by atoms with Crippen molar-refractivity contribution in [1.29, 1.82) is 5.26 Å². The number of hydrogen-bond donors (Lipinski definition) is 0. The van der Waals surface area contributed by atoms with Crippen LogP contribution in [0.1, 0.15) is 32.6 Å². The molecule has 1 aliphatic carbocycles. The molecule has 0 aromatic carbocycles. The van der Waals surface area contributed by atoms with E-state index >= 15 is 0 Å². The fourth-order valence-corrected chi connectivity index (χ4v) is 3.56. The lowest BCUT2D eigenvalue weighted by Crippen LogP contribution is -2.41. The Morgan fingerprint density at radius 2 is 1.61 bits per heavy atom. The number of carbonyl (C=O) groups is 1. The highest BCUT2D eigenvalue weighted by Crippen LogP contribution is 2.45. The zero-order chi connectivity index (χ0) is 20.7. The van der Waals surface area contributed by atoms with E-state index in [1.165, 1.54) is 0 Å². The van der Waals surface area contributed by atoms with Gasteiger partial charge in [0.15, 0.2) is 5.79 Å². The van der Waals surface area contributed by atoms with E-state index < -0.39 is 11.8 Å². The fraction of sp³-hybridized carbons (Fsp3) is 0.619. The SMILES string of the molecule is CCOC(=O)C(C#N)=C1/C(=C\N(C)C)CC2(C/C1=C\N(C)C)OCCCCO2. The van der Waals surface area contributed by atoms with Gasteiger partial charge in [0.05, 0.1) is 19.8 Å². The lowest BCUT2D eigenvalue weighted by atomic mass is 9.79. The minimum Gasteiger partial charge on any atom is -0.462 e. The van der Waals surface area contributed by atoms with Gasteiger partial charge in [0.2, 0.25) is 0 Å². The Morgan fingerprint density at radius 1 is 1.11 bits per heavy atom. The summed E-state index contributed by atoms with van der Waals surface area (Å²) < 4.78 is 17.5. The Labute approximate surface area is 167 Å². The van der Waals surface area contributed by atoms with Crippen molar-refractivity contribution < 1.29 is 19.0 Å². The molecule has 1 heterocycles. The third kappa shape index (κ3) is 5.37. The van der Waals surface area contributed by atoms with Crippen LogP contribution < -0.4 is 0 Å². The molecule has 0 atom stereocenters. The van der Waals surface area contributed by atoms with Gasteiger partial charge >= 0.3 is 5.97 Å². The van der Waals surface area contributed by atoms with Crippen molar-refractivity contribution in [2.45, 2.75) is 38.4 Å². The molecule has 154 valence electrons. The summed E-state index contributed by atoms with van der Waals surface area (Å²) in [4.78, 5) is 16.3. The second-order valence-corrected chi connectivity index (χ2v) is 7.49. The second kappa shape index (κ2) is 9.76. The van der Waals surface area contributed by atoms with Gasteiger partial charge in [-0.15, -0.1) is 0 Å². The van der Waals surface area contributed by atoms with Crippen LogP contribution in [-0.2, 0) is 19.0 Å². The van der Waals surface area contributed by atoms with Gasteiger partial charge in [-0.3, -0.25) is 0 Å². The normalized spacial score (nSPS) is 23.9. The monoisotopic (exact) mass is 389 g/mol. The van der Waals surface area contributed by atoms with Gasteiger partial charge in [-0.2, -0.15) is 5.26 Å². The van der Waals surface area contributed by atoms with Crippen LogP contribution in [0.4, 0.5) is 0 Å². The molecule has 7 nitrogen and oxygen atoms in total. The third-order valence-corrected chi connectivity index (χ3v) is 4.50. The highest BCUT2D eigenvalue weighted by atomic mass is 16.7. The maximum Gasteiger partial charge on any atom is 0.349 e. The maximum atomic E-state index is 12.5. The lowest BCUT2D eigenvalue weighted by Gasteiger charge is -2.40. The number of ether oxygens (including phenoxy) is 3. The standard InChI is InChI=1S/C21H31N3O4/c1-6-26-20(25)18(13-22)19-16(14-23(2)3)11-21(12-17(19)15-24(4)5)27-9-7-8-10-28-21/h14-15H,6-12H2,1-5H3/b16-14-,17-15+,19-18?. The first kappa shape index (κ1) is 22.0. The van der Waals surface area contributed by atoms with Gasteiger partial charge in [0, 0.05) is 59.0 Å². The van der Waals surface area contributed by atoms with Gasteiger partial charge in [0.1, 0.15) is 11.6 Å². The molecule has 0 amide bonds. The van der Waals surface area contributed by atoms with Crippen molar-refractivity contribution in [3.63, 3.8) is 0 Å². The molecule has 7 heteroatoms. The number of hydrogen-bond acceptors (Lipinski definition) is 7. The largest absolute Gasteiger partial charge is 0.462 e. The van der Waals surface area contributed by atoms with E-state index in [1.807, 2.05) is 50.4 Å². The summed E-state index contributed by atoms with van der Waals surface area (Å²) in [6.45, 7) is 3.21. The van der Waals surface area contributed by atoms with Gasteiger partial charge in [-0.25, -0.2) is 4.79 Å². The van der Waals surface area contributed by atoms with Gasteiger partial charge in [0.25, 0.3) is 0 Å². The van der Waals surface area contributed by atoms with E-state index in [1.54, 1.807) is 6.92 Å². The Hall–Kier alpha value is -2.30. The number of nitriles is 1. The lowest BCUT2D eigenvalue weighted by molar-refractivity contribution is -0.225. The molecular formula is C21H31N3O4. The molecule has 1 spiro atoms. The molecule has 28 heavy (non-hydrogen) atoms. The van der Waals surface area contributed by atoms with Crippen molar-refractivity contribution >= 4 is 5.97 Å². The average Bonchev–Trinajstić information content (AvgIpc) is 2.82. The summed E-state index contributed by atoms with van der Waals surface area (Å²) in [5.74, 6) is -1.38. The van der Waals surface area contributed by atoms with Crippen molar-refractivity contribution in [3.8, 4) is 6.07 Å². The summed E-state index contributed by atoms with van der Waals surface area (Å²) in [6.07, 6.45) is 6.69. The number of allylic oxidation sites excluding steroid dienone is 1. The van der Waals surface area contributed by atoms with E-state index in [0.29, 0.717) is 31.6 Å². The molecule has 1 aliphatic heterocycles. The van der Waals surface area contributed by atoms with Gasteiger partial charge in [-0.05, 0) is 30.9 Å². The fourth-order valence-electron chi connectivity index (χ4n) is 3.56. The summed E-state index contributed by atoms with van der Waals surface area (Å²) in [5.41, 5.74) is 2.30. The van der Waals surface area contributed by atoms with Gasteiger partial charge < -0.3 is 24.0 Å².